The molecule has 158 valence electrons. The number of nitrogens with one attached hydrogen (secondary N) is 2. The minimum absolute atomic E-state index is 0.0290. The maximum absolute atomic E-state index is 12.7. The molecular formula is C21H32N6O2. The monoisotopic (exact) mass is 400 g/mol. The lowest BCUT2D eigenvalue weighted by Crippen LogP contribution is -2.66. The second-order valence-corrected chi connectivity index (χ2v) is 8.66. The zero-order valence-electron chi connectivity index (χ0n) is 17.4. The highest BCUT2D eigenvalue weighted by atomic mass is 16.2. The van der Waals surface area contributed by atoms with Crippen LogP contribution in [0.25, 0.3) is 0 Å². The predicted octanol–water partition coefficient (Wildman–Crippen LogP) is 1.25. The quantitative estimate of drug-likeness (QED) is 0.747. The average molecular weight is 401 g/mol. The molecular weight excluding hydrogens is 368 g/mol. The maximum Gasteiger partial charge on any atom is 0.223 e. The molecule has 3 saturated heterocycles. The van der Waals surface area contributed by atoms with E-state index in [1.165, 1.54) is 0 Å². The lowest BCUT2D eigenvalue weighted by molar-refractivity contribution is -0.153. The van der Waals surface area contributed by atoms with Crippen molar-refractivity contribution in [3.05, 3.63) is 18.0 Å². The molecule has 0 spiro atoms. The van der Waals surface area contributed by atoms with E-state index in [0.717, 1.165) is 51.0 Å². The number of hydrogen-bond acceptors (Lipinski definition) is 6. The number of nitrogens with zero attached hydrogens (tertiary/aromatic N) is 4. The molecule has 4 atom stereocenters. The Balaban J connectivity index is 1.48. The minimum atomic E-state index is -0.0290. The van der Waals surface area contributed by atoms with Crippen LogP contribution < -0.4 is 10.6 Å². The lowest BCUT2D eigenvalue weighted by atomic mass is 9.72. The first-order valence-corrected chi connectivity index (χ1v) is 10.9. The molecule has 2 bridgehead atoms. The van der Waals surface area contributed by atoms with Crippen molar-refractivity contribution in [3.63, 3.8) is 0 Å². The van der Waals surface area contributed by atoms with E-state index in [1.807, 2.05) is 19.3 Å². The third-order valence-corrected chi connectivity index (χ3v) is 6.58. The van der Waals surface area contributed by atoms with Crippen LogP contribution in [0.15, 0.2) is 12.4 Å². The maximum atomic E-state index is 12.7. The Labute approximate surface area is 172 Å². The van der Waals surface area contributed by atoms with Gasteiger partial charge in [-0.25, -0.2) is 9.97 Å². The molecule has 1 aromatic heterocycles. The number of carbonyl (C=O) groups is 2. The van der Waals surface area contributed by atoms with Crippen molar-refractivity contribution in [1.29, 1.82) is 0 Å². The van der Waals surface area contributed by atoms with Crippen LogP contribution in [-0.2, 0) is 16.1 Å². The molecule has 0 aliphatic carbocycles. The molecule has 4 rings (SSSR count). The summed E-state index contributed by atoms with van der Waals surface area (Å²) in [6, 6.07) is 0.407. The number of anilines is 1. The fourth-order valence-electron chi connectivity index (χ4n) is 5.46. The Morgan fingerprint density at radius 1 is 1.24 bits per heavy atom. The van der Waals surface area contributed by atoms with Crippen LogP contribution in [0.4, 0.5) is 5.95 Å². The number of piperidine rings is 3. The first kappa shape index (κ1) is 20.1. The summed E-state index contributed by atoms with van der Waals surface area (Å²) >= 11 is 0. The molecule has 3 fully saturated rings. The van der Waals surface area contributed by atoms with Crippen LogP contribution in [0.2, 0.25) is 0 Å². The number of fused-ring (bicyclic) bond motifs is 4. The predicted molar refractivity (Wildman–Crippen MR) is 110 cm³/mol. The van der Waals surface area contributed by atoms with Crippen molar-refractivity contribution in [2.75, 3.05) is 31.5 Å². The van der Waals surface area contributed by atoms with Gasteiger partial charge in [0.1, 0.15) is 0 Å². The van der Waals surface area contributed by atoms with Gasteiger partial charge in [0.15, 0.2) is 0 Å². The summed E-state index contributed by atoms with van der Waals surface area (Å²) < 4.78 is 0. The summed E-state index contributed by atoms with van der Waals surface area (Å²) in [7, 11) is 0. The van der Waals surface area contributed by atoms with Gasteiger partial charge in [-0.05, 0) is 38.0 Å². The van der Waals surface area contributed by atoms with Gasteiger partial charge in [0.2, 0.25) is 17.8 Å². The van der Waals surface area contributed by atoms with Gasteiger partial charge in [-0.15, -0.1) is 0 Å². The number of likely N-dealkylation sites (tertiary alicyclic amines) is 1. The largest absolute Gasteiger partial charge is 0.355 e. The summed E-state index contributed by atoms with van der Waals surface area (Å²) in [6.45, 7) is 7.71. The number of hydrogen-bond donors (Lipinski definition) is 2. The van der Waals surface area contributed by atoms with Crippen molar-refractivity contribution in [2.24, 2.45) is 11.8 Å². The van der Waals surface area contributed by atoms with Gasteiger partial charge in [-0.3, -0.25) is 14.5 Å². The molecule has 0 radical (unpaired) electrons. The smallest absolute Gasteiger partial charge is 0.223 e. The van der Waals surface area contributed by atoms with Crippen molar-refractivity contribution in [1.82, 2.24) is 25.1 Å². The van der Waals surface area contributed by atoms with E-state index in [9.17, 15) is 9.59 Å². The summed E-state index contributed by atoms with van der Waals surface area (Å²) in [4.78, 5) is 37.7. The Morgan fingerprint density at radius 3 is 2.72 bits per heavy atom. The van der Waals surface area contributed by atoms with Gasteiger partial charge in [0, 0.05) is 70.1 Å². The van der Waals surface area contributed by atoms with E-state index in [0.29, 0.717) is 36.8 Å². The van der Waals surface area contributed by atoms with Gasteiger partial charge >= 0.3 is 0 Å². The number of rotatable bonds is 6. The molecule has 0 saturated carbocycles. The van der Waals surface area contributed by atoms with Gasteiger partial charge in [-0.1, -0.05) is 0 Å². The van der Waals surface area contributed by atoms with Crippen LogP contribution in [0.1, 0.15) is 45.1 Å². The molecule has 8 heteroatoms. The van der Waals surface area contributed by atoms with Crippen LogP contribution in [0.5, 0.6) is 0 Å². The number of aromatic nitrogens is 2. The van der Waals surface area contributed by atoms with E-state index in [-0.39, 0.29) is 17.9 Å². The zero-order chi connectivity index (χ0) is 20.4. The first-order chi connectivity index (χ1) is 14.0. The SMILES string of the molecule is CCNc1ncc(CN2C[C@H]3C[C@@H](C2)[C@H](CNC(C)=O)N2C(=O)CCC[C@@H]32)cn1. The Morgan fingerprint density at radius 2 is 2.00 bits per heavy atom. The van der Waals surface area contributed by atoms with Gasteiger partial charge < -0.3 is 15.5 Å². The molecule has 3 aliphatic rings. The summed E-state index contributed by atoms with van der Waals surface area (Å²) in [5.74, 6) is 1.80. The van der Waals surface area contributed by atoms with E-state index in [4.69, 9.17) is 0 Å². The lowest BCUT2D eigenvalue weighted by Gasteiger charge is -2.56. The Bertz CT molecular complexity index is 739. The highest BCUT2D eigenvalue weighted by Gasteiger charge is 2.49. The van der Waals surface area contributed by atoms with Gasteiger partial charge in [0.25, 0.3) is 0 Å². The third-order valence-electron chi connectivity index (χ3n) is 6.58. The molecule has 2 N–H and O–H groups in total. The molecule has 1 aromatic rings. The fraction of sp³-hybridized carbons (Fsp3) is 0.714. The van der Waals surface area contributed by atoms with Gasteiger partial charge in [-0.2, -0.15) is 0 Å². The highest BCUT2D eigenvalue weighted by Crippen LogP contribution is 2.41. The molecule has 8 nitrogen and oxygen atoms in total. The van der Waals surface area contributed by atoms with Crippen LogP contribution in [-0.4, -0.2) is 69.8 Å². The number of carbonyl (C=O) groups excluding carboxylic acids is 2. The standard InChI is InChI=1S/C21H32N6O2/c1-3-22-21-24-8-15(9-25-21)11-26-12-16-7-17(13-26)19(10-23-14(2)28)27-18(16)5-4-6-20(27)29/h8-9,16-19H,3-7,10-13H2,1-2H3,(H,23,28)(H,22,24,25)/t16-,17+,18+,19+/m1/s1. The highest BCUT2D eigenvalue weighted by molar-refractivity contribution is 5.78. The molecule has 0 unspecified atom stereocenters. The summed E-state index contributed by atoms with van der Waals surface area (Å²) in [6.07, 6.45) is 7.65. The molecule has 2 amide bonds. The average Bonchev–Trinajstić information content (AvgIpc) is 2.70. The van der Waals surface area contributed by atoms with Crippen molar-refractivity contribution in [3.8, 4) is 0 Å². The topological polar surface area (TPSA) is 90.5 Å². The van der Waals surface area contributed by atoms with Gasteiger partial charge in [0.05, 0.1) is 6.04 Å². The molecule has 3 aliphatic heterocycles. The van der Waals surface area contributed by atoms with Crippen molar-refractivity contribution < 1.29 is 9.59 Å². The Kier molecular flexibility index (Phi) is 5.99. The van der Waals surface area contributed by atoms with Crippen molar-refractivity contribution in [2.45, 2.75) is 58.2 Å². The van der Waals surface area contributed by atoms with Crippen LogP contribution in [0.3, 0.4) is 0 Å². The normalized spacial score (nSPS) is 29.3. The Hall–Kier alpha value is -2.22. The molecule has 4 heterocycles. The van der Waals surface area contributed by atoms with E-state index in [1.54, 1.807) is 6.92 Å². The van der Waals surface area contributed by atoms with Crippen LogP contribution in [0, 0.1) is 11.8 Å². The summed E-state index contributed by atoms with van der Waals surface area (Å²) in [5, 5.41) is 6.10. The second-order valence-electron chi connectivity index (χ2n) is 8.66. The van der Waals surface area contributed by atoms with E-state index in [2.05, 4.69) is 30.4 Å². The van der Waals surface area contributed by atoms with Crippen LogP contribution >= 0.6 is 0 Å². The zero-order valence-corrected chi connectivity index (χ0v) is 17.4. The summed E-state index contributed by atoms with van der Waals surface area (Å²) in [5.41, 5.74) is 1.11. The minimum Gasteiger partial charge on any atom is -0.355 e. The fourth-order valence-corrected chi connectivity index (χ4v) is 5.46. The van der Waals surface area contributed by atoms with E-state index < -0.39 is 0 Å². The van der Waals surface area contributed by atoms with Crippen molar-refractivity contribution >= 4 is 17.8 Å². The molecule has 0 aromatic carbocycles. The third kappa shape index (κ3) is 4.37. The molecule has 29 heavy (non-hydrogen) atoms. The first-order valence-electron chi connectivity index (χ1n) is 10.9. The second kappa shape index (κ2) is 8.65. The van der Waals surface area contributed by atoms with E-state index >= 15 is 0 Å². The number of amides is 2.